The molecule has 0 spiro atoms. The molecular formula is C39H23N3O2. The minimum Gasteiger partial charge on any atom is -0.308 e. The molecule has 0 N–H and O–H groups in total. The van der Waals surface area contributed by atoms with Gasteiger partial charge in [-0.2, -0.15) is 5.26 Å². The molecule has 8 rings (SSSR count). The van der Waals surface area contributed by atoms with Crippen molar-refractivity contribution in [3.8, 4) is 34.0 Å². The van der Waals surface area contributed by atoms with Gasteiger partial charge in [-0.15, -0.1) is 0 Å². The van der Waals surface area contributed by atoms with Crippen LogP contribution < -0.4 is 4.90 Å². The van der Waals surface area contributed by atoms with Gasteiger partial charge in [0.25, 0.3) is 11.8 Å². The third kappa shape index (κ3) is 3.86. The number of nitrogens with zero attached hydrogens (tertiary/aromatic N) is 3. The fourth-order valence-electron chi connectivity index (χ4n) is 6.30. The summed E-state index contributed by atoms with van der Waals surface area (Å²) in [7, 11) is 0. The molecule has 5 nitrogen and oxygen atoms in total. The van der Waals surface area contributed by atoms with Crippen molar-refractivity contribution in [3.05, 3.63) is 156 Å². The van der Waals surface area contributed by atoms with Crippen LogP contribution in [0.15, 0.2) is 140 Å². The second kappa shape index (κ2) is 9.94. The number of aromatic nitrogens is 1. The molecule has 1 aromatic heterocycles. The van der Waals surface area contributed by atoms with Crippen molar-refractivity contribution in [2.75, 3.05) is 4.90 Å². The third-order valence-corrected chi connectivity index (χ3v) is 8.36. The van der Waals surface area contributed by atoms with E-state index in [-0.39, 0.29) is 11.8 Å². The smallest absolute Gasteiger partial charge is 0.268 e. The lowest BCUT2D eigenvalue weighted by Gasteiger charge is -2.15. The van der Waals surface area contributed by atoms with Gasteiger partial charge < -0.3 is 4.57 Å². The van der Waals surface area contributed by atoms with Gasteiger partial charge >= 0.3 is 0 Å². The number of para-hydroxylation sites is 1. The van der Waals surface area contributed by atoms with Crippen molar-refractivity contribution in [1.29, 1.82) is 5.26 Å². The molecule has 0 bridgehead atoms. The molecule has 1 aliphatic heterocycles. The summed E-state index contributed by atoms with van der Waals surface area (Å²) in [5.41, 5.74) is 8.45. The molecule has 206 valence electrons. The molecule has 2 heterocycles. The van der Waals surface area contributed by atoms with Gasteiger partial charge in [0.15, 0.2) is 0 Å². The van der Waals surface area contributed by atoms with Crippen LogP contribution in [-0.4, -0.2) is 16.4 Å². The van der Waals surface area contributed by atoms with E-state index in [9.17, 15) is 14.9 Å². The quantitative estimate of drug-likeness (QED) is 0.200. The Kier molecular flexibility index (Phi) is 5.75. The Balaban J connectivity index is 1.26. The van der Waals surface area contributed by atoms with Gasteiger partial charge in [0, 0.05) is 10.8 Å². The number of fused-ring (bicyclic) bond motifs is 4. The average molecular weight is 566 g/mol. The summed E-state index contributed by atoms with van der Waals surface area (Å²) in [5.74, 6) is -0.677. The number of nitriles is 1. The Bertz CT molecular complexity index is 2330. The fraction of sp³-hybridized carbons (Fsp3) is 0. The van der Waals surface area contributed by atoms with Gasteiger partial charge in [0.2, 0.25) is 0 Å². The predicted molar refractivity (Wildman–Crippen MR) is 174 cm³/mol. The first kappa shape index (κ1) is 25.5. The summed E-state index contributed by atoms with van der Waals surface area (Å²) in [4.78, 5) is 29.1. The molecule has 1 aliphatic rings. The molecule has 0 radical (unpaired) electrons. The van der Waals surface area contributed by atoms with Crippen molar-refractivity contribution in [2.24, 2.45) is 0 Å². The molecule has 6 aromatic carbocycles. The SMILES string of the molecule is N#Cc1cccc(-c2ccc3c(c2)c2ccccc2n3-c2cccc3c2C(=O)N(c2ccc(-c4ccccc4)cc2)C3=O)c1. The first-order valence-electron chi connectivity index (χ1n) is 14.3. The maximum atomic E-state index is 14.1. The molecule has 0 saturated carbocycles. The van der Waals surface area contributed by atoms with Gasteiger partial charge in [0.1, 0.15) is 0 Å². The van der Waals surface area contributed by atoms with E-state index < -0.39 is 0 Å². The topological polar surface area (TPSA) is 66.1 Å². The maximum Gasteiger partial charge on any atom is 0.268 e. The zero-order chi connectivity index (χ0) is 29.8. The molecule has 0 saturated heterocycles. The molecule has 2 amide bonds. The molecule has 0 unspecified atom stereocenters. The summed E-state index contributed by atoms with van der Waals surface area (Å²) in [6.07, 6.45) is 0. The molecule has 0 aliphatic carbocycles. The fourth-order valence-corrected chi connectivity index (χ4v) is 6.30. The van der Waals surface area contributed by atoms with Crippen LogP contribution in [-0.2, 0) is 0 Å². The van der Waals surface area contributed by atoms with Crippen LogP contribution in [0.2, 0.25) is 0 Å². The highest BCUT2D eigenvalue weighted by atomic mass is 16.2. The number of benzene rings is 6. The van der Waals surface area contributed by atoms with E-state index in [1.807, 2.05) is 115 Å². The number of hydrogen-bond acceptors (Lipinski definition) is 3. The van der Waals surface area contributed by atoms with E-state index in [2.05, 4.69) is 22.8 Å². The largest absolute Gasteiger partial charge is 0.308 e. The first-order valence-corrected chi connectivity index (χ1v) is 14.3. The van der Waals surface area contributed by atoms with Crippen LogP contribution in [0.1, 0.15) is 26.3 Å². The molecule has 7 aromatic rings. The number of amides is 2. The van der Waals surface area contributed by atoms with Gasteiger partial charge in [-0.3, -0.25) is 9.59 Å². The lowest BCUT2D eigenvalue weighted by Crippen LogP contribution is -2.29. The van der Waals surface area contributed by atoms with Crippen LogP contribution in [0.5, 0.6) is 0 Å². The number of hydrogen-bond donors (Lipinski definition) is 0. The monoisotopic (exact) mass is 565 g/mol. The predicted octanol–water partition coefficient (Wildman–Crippen LogP) is 8.79. The number of rotatable bonds is 4. The Hall–Kier alpha value is -6.25. The average Bonchev–Trinajstić information content (AvgIpc) is 3.55. The number of imide groups is 1. The van der Waals surface area contributed by atoms with Gasteiger partial charge in [-0.25, -0.2) is 4.90 Å². The van der Waals surface area contributed by atoms with E-state index >= 15 is 0 Å². The van der Waals surface area contributed by atoms with Crippen molar-refractivity contribution < 1.29 is 9.59 Å². The Labute approximate surface area is 253 Å². The Morgan fingerprint density at radius 1 is 0.523 bits per heavy atom. The summed E-state index contributed by atoms with van der Waals surface area (Å²) < 4.78 is 2.08. The number of anilines is 1. The standard InChI is InChI=1S/C39H23N3O2/c40-24-25-8-6-11-28(22-25)29-18-21-35-33(23-29)31-12-4-5-14-34(31)42(35)36-15-7-13-32-37(36)39(44)41(38(32)43)30-19-16-27(17-20-30)26-9-2-1-3-10-26/h1-23H. The number of carbonyl (C=O) groups excluding carboxylic acids is 2. The highest BCUT2D eigenvalue weighted by molar-refractivity contribution is 6.35. The summed E-state index contributed by atoms with van der Waals surface area (Å²) in [6, 6.07) is 47.1. The molecule has 44 heavy (non-hydrogen) atoms. The summed E-state index contributed by atoms with van der Waals surface area (Å²) in [5, 5.41) is 11.5. The minimum atomic E-state index is -0.344. The van der Waals surface area contributed by atoms with E-state index in [1.165, 1.54) is 4.90 Å². The van der Waals surface area contributed by atoms with Crippen LogP contribution in [0.25, 0.3) is 49.7 Å². The Morgan fingerprint density at radius 2 is 1.18 bits per heavy atom. The van der Waals surface area contributed by atoms with Gasteiger partial charge in [0.05, 0.1) is 45.2 Å². The van der Waals surface area contributed by atoms with E-state index in [0.29, 0.717) is 28.1 Å². The van der Waals surface area contributed by atoms with Crippen LogP contribution in [0.3, 0.4) is 0 Å². The Morgan fingerprint density at radius 3 is 2.00 bits per heavy atom. The summed E-state index contributed by atoms with van der Waals surface area (Å²) >= 11 is 0. The zero-order valence-corrected chi connectivity index (χ0v) is 23.4. The van der Waals surface area contributed by atoms with Gasteiger partial charge in [-0.05, 0) is 76.9 Å². The van der Waals surface area contributed by atoms with Crippen molar-refractivity contribution in [3.63, 3.8) is 0 Å². The van der Waals surface area contributed by atoms with Crippen LogP contribution in [0.4, 0.5) is 5.69 Å². The number of carbonyl (C=O) groups is 2. The van der Waals surface area contributed by atoms with Crippen LogP contribution >= 0.6 is 0 Å². The van der Waals surface area contributed by atoms with Crippen molar-refractivity contribution in [1.82, 2.24) is 4.57 Å². The van der Waals surface area contributed by atoms with E-state index in [4.69, 9.17) is 0 Å². The first-order chi connectivity index (χ1) is 21.6. The molecular weight excluding hydrogens is 542 g/mol. The summed E-state index contributed by atoms with van der Waals surface area (Å²) in [6.45, 7) is 0. The molecule has 5 heteroatoms. The van der Waals surface area contributed by atoms with Crippen molar-refractivity contribution >= 4 is 39.3 Å². The molecule has 0 fully saturated rings. The normalized spacial score (nSPS) is 12.6. The highest BCUT2D eigenvalue weighted by Crippen LogP contribution is 2.39. The highest BCUT2D eigenvalue weighted by Gasteiger charge is 2.39. The van der Waals surface area contributed by atoms with E-state index in [1.54, 1.807) is 12.1 Å². The minimum absolute atomic E-state index is 0.334. The third-order valence-electron chi connectivity index (χ3n) is 8.36. The van der Waals surface area contributed by atoms with Crippen molar-refractivity contribution in [2.45, 2.75) is 0 Å². The zero-order valence-electron chi connectivity index (χ0n) is 23.4. The maximum absolute atomic E-state index is 14.1. The lowest BCUT2D eigenvalue weighted by molar-refractivity contribution is 0.0926. The lowest BCUT2D eigenvalue weighted by atomic mass is 10.0. The second-order valence-electron chi connectivity index (χ2n) is 10.8. The molecule has 0 atom stereocenters. The second-order valence-corrected chi connectivity index (χ2v) is 10.8. The van der Waals surface area contributed by atoms with Gasteiger partial charge in [-0.1, -0.05) is 84.9 Å². The van der Waals surface area contributed by atoms with Crippen LogP contribution in [0, 0.1) is 11.3 Å². The van der Waals surface area contributed by atoms with E-state index in [0.717, 1.165) is 44.1 Å².